The predicted octanol–water partition coefficient (Wildman–Crippen LogP) is 9.54. The maximum absolute atomic E-state index is 2.47. The topological polar surface area (TPSA) is 4.93 Å². The molecule has 0 N–H and O–H groups in total. The predicted molar refractivity (Wildman–Crippen MR) is 153 cm³/mol. The molecular weight excluding hydrogens is 434 g/mol. The van der Waals surface area contributed by atoms with E-state index in [4.69, 9.17) is 0 Å². The van der Waals surface area contributed by atoms with Gasteiger partial charge in [0.2, 0.25) is 0 Å². The Bertz CT molecular complexity index is 1770. The Labute approximate surface area is 212 Å². The third-order valence-electron chi connectivity index (χ3n) is 8.13. The molecule has 0 aliphatic heterocycles. The van der Waals surface area contributed by atoms with Gasteiger partial charge in [0.1, 0.15) is 0 Å². The normalized spacial score (nSPS) is 13.2. The monoisotopic (exact) mass is 463 g/mol. The van der Waals surface area contributed by atoms with Crippen molar-refractivity contribution >= 4 is 21.8 Å². The van der Waals surface area contributed by atoms with Crippen LogP contribution in [-0.4, -0.2) is 4.57 Å². The fourth-order valence-corrected chi connectivity index (χ4v) is 6.04. The number of fused-ring (bicyclic) bond motifs is 6. The van der Waals surface area contributed by atoms with E-state index in [1.54, 1.807) is 0 Å². The summed E-state index contributed by atoms with van der Waals surface area (Å²) in [6, 6.07) is 40.6. The SMILES string of the molecule is CCC(C)c1ccccc1-n1c2ccccc2c2cc(-c3ccc4c(c3)-c3ccccc3C4)ccc21. The molecule has 1 nitrogen and oxygen atoms in total. The first-order chi connectivity index (χ1) is 17.7. The van der Waals surface area contributed by atoms with Crippen LogP contribution in [-0.2, 0) is 6.42 Å². The molecule has 5 aromatic carbocycles. The lowest BCUT2D eigenvalue weighted by molar-refractivity contribution is 0.728. The van der Waals surface area contributed by atoms with Crippen LogP contribution in [0.15, 0.2) is 109 Å². The molecule has 0 saturated carbocycles. The summed E-state index contributed by atoms with van der Waals surface area (Å²) in [5.74, 6) is 0.506. The van der Waals surface area contributed by atoms with Crippen molar-refractivity contribution in [2.75, 3.05) is 0 Å². The van der Waals surface area contributed by atoms with E-state index >= 15 is 0 Å². The zero-order valence-electron chi connectivity index (χ0n) is 20.8. The minimum atomic E-state index is 0.506. The fraction of sp³-hybridized carbons (Fsp3) is 0.143. The second-order valence-corrected chi connectivity index (χ2v) is 10.2. The fourth-order valence-electron chi connectivity index (χ4n) is 6.04. The van der Waals surface area contributed by atoms with Gasteiger partial charge in [0, 0.05) is 16.5 Å². The van der Waals surface area contributed by atoms with Gasteiger partial charge < -0.3 is 4.57 Å². The molecule has 0 fully saturated rings. The second-order valence-electron chi connectivity index (χ2n) is 10.2. The minimum absolute atomic E-state index is 0.506. The average molecular weight is 464 g/mol. The van der Waals surface area contributed by atoms with Gasteiger partial charge in [0.15, 0.2) is 0 Å². The van der Waals surface area contributed by atoms with Gasteiger partial charge in [-0.15, -0.1) is 0 Å². The maximum atomic E-state index is 2.47. The molecule has 1 heterocycles. The molecule has 174 valence electrons. The van der Waals surface area contributed by atoms with Crippen molar-refractivity contribution in [2.45, 2.75) is 32.6 Å². The smallest absolute Gasteiger partial charge is 0.0541 e. The number of hydrogen-bond donors (Lipinski definition) is 0. The van der Waals surface area contributed by atoms with Crippen LogP contribution in [0.1, 0.15) is 42.9 Å². The number of nitrogens with zero attached hydrogens (tertiary/aromatic N) is 1. The van der Waals surface area contributed by atoms with Gasteiger partial charge in [-0.05, 0) is 88.0 Å². The van der Waals surface area contributed by atoms with E-state index in [0.29, 0.717) is 5.92 Å². The molecule has 6 aromatic rings. The Hall–Kier alpha value is -4.10. The van der Waals surface area contributed by atoms with Crippen molar-refractivity contribution in [3.05, 3.63) is 126 Å². The van der Waals surface area contributed by atoms with Crippen LogP contribution in [0.5, 0.6) is 0 Å². The Morgan fingerprint density at radius 2 is 1.33 bits per heavy atom. The molecule has 7 rings (SSSR count). The molecule has 1 heteroatoms. The number of aromatic nitrogens is 1. The van der Waals surface area contributed by atoms with Crippen LogP contribution in [0.25, 0.3) is 49.7 Å². The highest BCUT2D eigenvalue weighted by Gasteiger charge is 2.20. The summed E-state index contributed by atoms with van der Waals surface area (Å²) in [7, 11) is 0. The summed E-state index contributed by atoms with van der Waals surface area (Å²) >= 11 is 0. The molecule has 1 aromatic heterocycles. The van der Waals surface area contributed by atoms with Crippen LogP contribution in [0.2, 0.25) is 0 Å². The Balaban J connectivity index is 1.44. The lowest BCUT2D eigenvalue weighted by Crippen LogP contribution is -2.02. The number of rotatable bonds is 4. The van der Waals surface area contributed by atoms with Crippen LogP contribution in [0.3, 0.4) is 0 Å². The van der Waals surface area contributed by atoms with Gasteiger partial charge in [0.05, 0.1) is 11.0 Å². The summed E-state index contributed by atoms with van der Waals surface area (Å²) in [6.07, 6.45) is 2.16. The lowest BCUT2D eigenvalue weighted by atomic mass is 9.96. The van der Waals surface area contributed by atoms with Crippen LogP contribution >= 0.6 is 0 Å². The van der Waals surface area contributed by atoms with Gasteiger partial charge in [-0.1, -0.05) is 92.7 Å². The second kappa shape index (κ2) is 8.24. The summed E-state index contributed by atoms with van der Waals surface area (Å²) in [6.45, 7) is 4.60. The molecule has 1 unspecified atom stereocenters. The van der Waals surface area contributed by atoms with Gasteiger partial charge in [-0.2, -0.15) is 0 Å². The Morgan fingerprint density at radius 3 is 2.25 bits per heavy atom. The molecule has 1 aliphatic rings. The molecular formula is C35H29N. The first-order valence-electron chi connectivity index (χ1n) is 13.1. The van der Waals surface area contributed by atoms with E-state index in [1.807, 2.05) is 0 Å². The van der Waals surface area contributed by atoms with Gasteiger partial charge in [-0.3, -0.25) is 0 Å². The molecule has 0 amide bonds. The van der Waals surface area contributed by atoms with Crippen molar-refractivity contribution in [3.63, 3.8) is 0 Å². The third-order valence-corrected chi connectivity index (χ3v) is 8.13. The van der Waals surface area contributed by atoms with Crippen molar-refractivity contribution in [1.29, 1.82) is 0 Å². The standard InChI is InChI=1S/C35H29N/c1-3-23(2)28-11-6-8-14-33(28)36-34-15-9-7-13-30(34)32-22-25(18-19-35(32)36)24-16-17-27-20-26-10-4-5-12-29(26)31(27)21-24/h4-19,21-23H,3,20H2,1-2H3. The van der Waals surface area contributed by atoms with Crippen molar-refractivity contribution in [3.8, 4) is 27.9 Å². The van der Waals surface area contributed by atoms with E-state index < -0.39 is 0 Å². The van der Waals surface area contributed by atoms with E-state index in [2.05, 4.69) is 128 Å². The molecule has 0 bridgehead atoms. The molecule has 1 atom stereocenters. The van der Waals surface area contributed by atoms with Gasteiger partial charge >= 0.3 is 0 Å². The summed E-state index contributed by atoms with van der Waals surface area (Å²) in [4.78, 5) is 0. The highest BCUT2D eigenvalue weighted by Crippen LogP contribution is 2.41. The largest absolute Gasteiger partial charge is 0.309 e. The van der Waals surface area contributed by atoms with Crippen molar-refractivity contribution in [1.82, 2.24) is 4.57 Å². The van der Waals surface area contributed by atoms with Crippen LogP contribution < -0.4 is 0 Å². The van der Waals surface area contributed by atoms with E-state index in [0.717, 1.165) is 12.8 Å². The number of benzene rings is 5. The summed E-state index contributed by atoms with van der Waals surface area (Å²) in [5, 5.41) is 2.61. The molecule has 36 heavy (non-hydrogen) atoms. The van der Waals surface area contributed by atoms with E-state index in [1.165, 1.54) is 66.4 Å². The van der Waals surface area contributed by atoms with Crippen LogP contribution in [0.4, 0.5) is 0 Å². The highest BCUT2D eigenvalue weighted by molar-refractivity contribution is 6.10. The molecule has 0 saturated heterocycles. The average Bonchev–Trinajstić information content (AvgIpc) is 3.47. The quantitative estimate of drug-likeness (QED) is 0.245. The Kier molecular flexibility index (Phi) is 4.85. The van der Waals surface area contributed by atoms with Gasteiger partial charge in [-0.25, -0.2) is 0 Å². The van der Waals surface area contributed by atoms with E-state index in [9.17, 15) is 0 Å². The maximum Gasteiger partial charge on any atom is 0.0541 e. The summed E-state index contributed by atoms with van der Waals surface area (Å²) < 4.78 is 2.47. The zero-order valence-corrected chi connectivity index (χ0v) is 20.8. The van der Waals surface area contributed by atoms with E-state index in [-0.39, 0.29) is 0 Å². The summed E-state index contributed by atoms with van der Waals surface area (Å²) in [5.41, 5.74) is 13.4. The Morgan fingerprint density at radius 1 is 0.639 bits per heavy atom. The van der Waals surface area contributed by atoms with Gasteiger partial charge in [0.25, 0.3) is 0 Å². The third kappa shape index (κ3) is 3.16. The number of hydrogen-bond acceptors (Lipinski definition) is 0. The lowest BCUT2D eigenvalue weighted by Gasteiger charge is -2.17. The zero-order chi connectivity index (χ0) is 24.2. The molecule has 0 spiro atoms. The van der Waals surface area contributed by atoms with Crippen molar-refractivity contribution < 1.29 is 0 Å². The first-order valence-corrected chi connectivity index (χ1v) is 13.1. The minimum Gasteiger partial charge on any atom is -0.309 e. The first kappa shape index (κ1) is 21.2. The highest BCUT2D eigenvalue weighted by atomic mass is 15.0. The molecule has 0 radical (unpaired) electrons. The van der Waals surface area contributed by atoms with Crippen LogP contribution in [0, 0.1) is 0 Å². The number of para-hydroxylation sites is 2. The van der Waals surface area contributed by atoms with Crippen molar-refractivity contribution in [2.24, 2.45) is 0 Å². The molecule has 1 aliphatic carbocycles.